The van der Waals surface area contributed by atoms with Crippen molar-refractivity contribution >= 4 is 5.91 Å². The fraction of sp³-hybridized carbons (Fsp3) is 0.400. The largest absolute Gasteiger partial charge is 0.392 e. The van der Waals surface area contributed by atoms with Crippen LogP contribution in [0.3, 0.4) is 0 Å². The van der Waals surface area contributed by atoms with Crippen LogP contribution in [-0.4, -0.2) is 29.0 Å². The number of amides is 1. The van der Waals surface area contributed by atoms with E-state index < -0.39 is 0 Å². The first-order valence-electron chi connectivity index (χ1n) is 6.14. The van der Waals surface area contributed by atoms with Gasteiger partial charge in [-0.3, -0.25) is 4.79 Å². The van der Waals surface area contributed by atoms with E-state index in [1.807, 2.05) is 23.1 Å². The lowest BCUT2D eigenvalue weighted by atomic mass is 9.77. The maximum atomic E-state index is 12.3. The van der Waals surface area contributed by atoms with Crippen LogP contribution in [0.15, 0.2) is 30.9 Å². The predicted molar refractivity (Wildman–Crippen MR) is 71.5 cm³/mol. The zero-order chi connectivity index (χ0) is 13.3. The summed E-state index contributed by atoms with van der Waals surface area (Å²) in [5.74, 6) is 0.0497. The Hall–Kier alpha value is -1.61. The zero-order valence-electron chi connectivity index (χ0n) is 10.9. The van der Waals surface area contributed by atoms with Crippen molar-refractivity contribution in [2.75, 3.05) is 13.1 Å². The van der Waals surface area contributed by atoms with Crippen LogP contribution in [0.4, 0.5) is 0 Å². The van der Waals surface area contributed by atoms with Crippen LogP contribution < -0.4 is 0 Å². The van der Waals surface area contributed by atoms with Gasteiger partial charge in [-0.15, -0.1) is 6.58 Å². The minimum absolute atomic E-state index is 0.00786. The number of carbonyl (C=O) groups is 1. The number of hydrogen-bond donors (Lipinski definition) is 1. The van der Waals surface area contributed by atoms with Crippen LogP contribution in [-0.2, 0) is 12.0 Å². The molecule has 0 saturated heterocycles. The van der Waals surface area contributed by atoms with Gasteiger partial charge in [-0.05, 0) is 17.2 Å². The highest BCUT2D eigenvalue weighted by Gasteiger charge is 2.35. The number of aliphatic hydroxyl groups is 1. The van der Waals surface area contributed by atoms with Gasteiger partial charge in [0.1, 0.15) is 0 Å². The van der Waals surface area contributed by atoms with Gasteiger partial charge in [0.05, 0.1) is 6.61 Å². The Kier molecular flexibility index (Phi) is 3.26. The van der Waals surface area contributed by atoms with Crippen LogP contribution in [0, 0.1) is 0 Å². The quantitative estimate of drug-likeness (QED) is 0.828. The van der Waals surface area contributed by atoms with Crippen molar-refractivity contribution in [2.45, 2.75) is 25.9 Å². The Morgan fingerprint density at radius 2 is 2.22 bits per heavy atom. The van der Waals surface area contributed by atoms with Gasteiger partial charge >= 0.3 is 0 Å². The van der Waals surface area contributed by atoms with Crippen LogP contribution in [0.25, 0.3) is 0 Å². The first kappa shape index (κ1) is 12.8. The molecule has 0 unspecified atom stereocenters. The van der Waals surface area contributed by atoms with Crippen LogP contribution in [0.5, 0.6) is 0 Å². The van der Waals surface area contributed by atoms with Crippen LogP contribution >= 0.6 is 0 Å². The average Bonchev–Trinajstić information content (AvgIpc) is 2.35. The first-order chi connectivity index (χ1) is 8.49. The van der Waals surface area contributed by atoms with Gasteiger partial charge in [-0.25, -0.2) is 0 Å². The molecule has 1 aliphatic heterocycles. The molecule has 96 valence electrons. The second kappa shape index (κ2) is 4.58. The molecule has 0 aromatic heterocycles. The van der Waals surface area contributed by atoms with E-state index in [4.69, 9.17) is 0 Å². The minimum atomic E-state index is -0.0998. The summed E-state index contributed by atoms with van der Waals surface area (Å²) in [5.41, 5.74) is 2.52. The van der Waals surface area contributed by atoms with Crippen molar-refractivity contribution in [3.8, 4) is 0 Å². The molecule has 0 atom stereocenters. The van der Waals surface area contributed by atoms with E-state index >= 15 is 0 Å². The van der Waals surface area contributed by atoms with Crippen LogP contribution in [0.1, 0.15) is 35.3 Å². The monoisotopic (exact) mass is 245 g/mol. The van der Waals surface area contributed by atoms with E-state index in [0.29, 0.717) is 13.1 Å². The van der Waals surface area contributed by atoms with Crippen LogP contribution in [0.2, 0.25) is 0 Å². The Bertz CT molecular complexity index is 491. The molecule has 3 heteroatoms. The van der Waals surface area contributed by atoms with E-state index in [-0.39, 0.29) is 17.9 Å². The van der Waals surface area contributed by atoms with E-state index in [2.05, 4.69) is 20.4 Å². The molecular formula is C15H19NO2. The normalized spacial score (nSPS) is 17.5. The summed E-state index contributed by atoms with van der Waals surface area (Å²) in [7, 11) is 0. The highest BCUT2D eigenvalue weighted by molar-refractivity contribution is 5.97. The number of rotatable bonds is 3. The van der Waals surface area contributed by atoms with Gasteiger partial charge in [0.15, 0.2) is 0 Å². The first-order valence-corrected chi connectivity index (χ1v) is 6.14. The number of aliphatic hydroxyl groups excluding tert-OH is 1. The van der Waals surface area contributed by atoms with Gasteiger partial charge in [0.25, 0.3) is 5.91 Å². The van der Waals surface area contributed by atoms with Gasteiger partial charge in [0.2, 0.25) is 0 Å². The topological polar surface area (TPSA) is 40.5 Å². The molecule has 0 saturated carbocycles. The molecule has 0 spiro atoms. The fourth-order valence-electron chi connectivity index (χ4n) is 2.54. The molecule has 1 aromatic rings. The second-order valence-corrected chi connectivity index (χ2v) is 5.40. The summed E-state index contributed by atoms with van der Waals surface area (Å²) < 4.78 is 0. The van der Waals surface area contributed by atoms with Crippen molar-refractivity contribution in [2.24, 2.45) is 0 Å². The highest BCUT2D eigenvalue weighted by atomic mass is 16.3. The summed E-state index contributed by atoms with van der Waals surface area (Å²) in [6, 6.07) is 5.57. The molecule has 2 rings (SSSR count). The maximum absolute atomic E-state index is 12.3. The zero-order valence-corrected chi connectivity index (χ0v) is 10.9. The van der Waals surface area contributed by atoms with Gasteiger partial charge in [-0.2, -0.15) is 0 Å². The average molecular weight is 245 g/mol. The van der Waals surface area contributed by atoms with Crippen molar-refractivity contribution in [3.63, 3.8) is 0 Å². The van der Waals surface area contributed by atoms with E-state index in [1.54, 1.807) is 6.08 Å². The number of fused-ring (bicyclic) bond motifs is 1. The molecule has 1 N–H and O–H groups in total. The molecule has 0 aliphatic carbocycles. The molecule has 1 aromatic carbocycles. The lowest BCUT2D eigenvalue weighted by Gasteiger charge is -2.39. The number of hydrogen-bond acceptors (Lipinski definition) is 2. The number of benzene rings is 1. The van der Waals surface area contributed by atoms with E-state index in [9.17, 15) is 9.90 Å². The molecule has 1 amide bonds. The van der Waals surface area contributed by atoms with Crippen molar-refractivity contribution in [1.82, 2.24) is 4.90 Å². The lowest BCUT2D eigenvalue weighted by molar-refractivity contribution is 0.0711. The third-order valence-electron chi connectivity index (χ3n) is 3.45. The molecule has 0 radical (unpaired) electrons. The summed E-state index contributed by atoms with van der Waals surface area (Å²) >= 11 is 0. The summed E-state index contributed by atoms with van der Waals surface area (Å²) in [6.07, 6.45) is 1.75. The minimum Gasteiger partial charge on any atom is -0.392 e. The molecule has 0 bridgehead atoms. The molecule has 3 nitrogen and oxygen atoms in total. The predicted octanol–water partition coefficient (Wildman–Crippen LogP) is 2.10. The van der Waals surface area contributed by atoms with Crippen molar-refractivity contribution in [3.05, 3.63) is 47.5 Å². The SMILES string of the molecule is C=CCN1CC(C)(C)c2cc(CO)ccc2C1=O. The van der Waals surface area contributed by atoms with Crippen molar-refractivity contribution < 1.29 is 9.90 Å². The molecule has 1 heterocycles. The van der Waals surface area contributed by atoms with Crippen molar-refractivity contribution in [1.29, 1.82) is 0 Å². The summed E-state index contributed by atoms with van der Waals surface area (Å²) in [6.45, 7) is 9.20. The third kappa shape index (κ3) is 2.06. The third-order valence-corrected chi connectivity index (χ3v) is 3.45. The fourth-order valence-corrected chi connectivity index (χ4v) is 2.54. The highest BCUT2D eigenvalue weighted by Crippen LogP contribution is 2.33. The second-order valence-electron chi connectivity index (χ2n) is 5.40. The smallest absolute Gasteiger partial charge is 0.254 e. The maximum Gasteiger partial charge on any atom is 0.254 e. The molecule has 0 fully saturated rings. The van der Waals surface area contributed by atoms with Gasteiger partial charge in [0, 0.05) is 24.1 Å². The lowest BCUT2D eigenvalue weighted by Crippen LogP contribution is -2.46. The van der Waals surface area contributed by atoms with Gasteiger partial charge < -0.3 is 10.0 Å². The van der Waals surface area contributed by atoms with E-state index in [0.717, 1.165) is 16.7 Å². The summed E-state index contributed by atoms with van der Waals surface area (Å²) in [4.78, 5) is 14.1. The molecule has 1 aliphatic rings. The summed E-state index contributed by atoms with van der Waals surface area (Å²) in [5, 5.41) is 9.20. The molecule has 18 heavy (non-hydrogen) atoms. The Labute approximate surface area is 108 Å². The standard InChI is InChI=1S/C15H19NO2/c1-4-7-16-10-15(2,3)13-8-11(9-17)5-6-12(13)14(16)18/h4-6,8,17H,1,7,9-10H2,2-3H3. The van der Waals surface area contributed by atoms with E-state index in [1.165, 1.54) is 0 Å². The Morgan fingerprint density at radius 1 is 1.50 bits per heavy atom. The van der Waals surface area contributed by atoms with Gasteiger partial charge in [-0.1, -0.05) is 32.1 Å². The number of carbonyl (C=O) groups excluding carboxylic acids is 1. The Morgan fingerprint density at radius 3 is 2.83 bits per heavy atom. The Balaban J connectivity index is 2.50. The number of nitrogens with zero attached hydrogens (tertiary/aromatic N) is 1. The molecular weight excluding hydrogens is 226 g/mol.